The molecule has 1 aromatic heterocycles. The zero-order valence-corrected chi connectivity index (χ0v) is 17.1. The number of unbranched alkanes of at least 4 members (excludes halogenated alkanes) is 1. The van der Waals surface area contributed by atoms with Gasteiger partial charge in [-0.2, -0.15) is 0 Å². The number of fused-ring (bicyclic) bond motifs is 4. The number of imide groups is 1. The third kappa shape index (κ3) is 2.90. The van der Waals surface area contributed by atoms with E-state index in [9.17, 15) is 19.7 Å². The van der Waals surface area contributed by atoms with Gasteiger partial charge in [-0.15, -0.1) is 0 Å². The Kier molecular flexibility index (Phi) is 4.50. The molecule has 8 nitrogen and oxygen atoms in total. The number of hydrogen-bond acceptors (Lipinski definition) is 4. The van der Waals surface area contributed by atoms with Crippen molar-refractivity contribution >= 4 is 28.5 Å². The summed E-state index contributed by atoms with van der Waals surface area (Å²) in [6.07, 6.45) is 2.05. The number of amides is 3. The van der Waals surface area contributed by atoms with Crippen LogP contribution in [0.25, 0.3) is 10.9 Å². The van der Waals surface area contributed by atoms with Crippen molar-refractivity contribution < 1.29 is 14.5 Å². The van der Waals surface area contributed by atoms with Gasteiger partial charge < -0.3 is 4.98 Å². The topological polar surface area (TPSA) is 99.5 Å². The average Bonchev–Trinajstić information content (AvgIpc) is 3.26. The highest BCUT2D eigenvalue weighted by molar-refractivity contribution is 6.05. The Morgan fingerprint density at radius 3 is 2.74 bits per heavy atom. The van der Waals surface area contributed by atoms with Gasteiger partial charge in [-0.25, -0.2) is 4.79 Å². The lowest BCUT2D eigenvalue weighted by atomic mass is 9.88. The summed E-state index contributed by atoms with van der Waals surface area (Å²) in [4.78, 5) is 43.9. The number of H-pyrrole nitrogens is 1. The molecule has 3 heterocycles. The van der Waals surface area contributed by atoms with Gasteiger partial charge in [0.1, 0.15) is 12.1 Å². The van der Waals surface area contributed by atoms with Crippen LogP contribution in [-0.4, -0.2) is 44.2 Å². The number of aromatic amines is 1. The summed E-state index contributed by atoms with van der Waals surface area (Å²) in [5.74, 6) is -0.190. The number of nitro benzene ring substituents is 1. The van der Waals surface area contributed by atoms with Crippen molar-refractivity contribution in [2.45, 2.75) is 38.3 Å². The lowest BCUT2D eigenvalue weighted by Gasteiger charge is -2.36. The predicted octanol–water partition coefficient (Wildman–Crippen LogP) is 4.15. The van der Waals surface area contributed by atoms with Crippen molar-refractivity contribution in [1.82, 2.24) is 14.8 Å². The molecule has 1 saturated heterocycles. The highest BCUT2D eigenvalue weighted by Crippen LogP contribution is 2.44. The number of nitrogens with zero attached hydrogens (tertiary/aromatic N) is 3. The molecule has 1 fully saturated rings. The number of hydrogen-bond donors (Lipinski definition) is 1. The van der Waals surface area contributed by atoms with E-state index in [4.69, 9.17) is 0 Å². The van der Waals surface area contributed by atoms with Gasteiger partial charge in [-0.05, 0) is 23.6 Å². The number of aromatic nitrogens is 1. The van der Waals surface area contributed by atoms with E-state index >= 15 is 0 Å². The summed E-state index contributed by atoms with van der Waals surface area (Å²) >= 11 is 0. The number of rotatable bonds is 5. The van der Waals surface area contributed by atoms with Crippen molar-refractivity contribution in [3.8, 4) is 0 Å². The number of urea groups is 1. The Morgan fingerprint density at radius 1 is 1.16 bits per heavy atom. The van der Waals surface area contributed by atoms with Crippen molar-refractivity contribution in [3.63, 3.8) is 0 Å². The average molecular weight is 418 g/mol. The molecule has 2 aromatic carbocycles. The van der Waals surface area contributed by atoms with Crippen molar-refractivity contribution in [2.75, 3.05) is 6.54 Å². The lowest BCUT2D eigenvalue weighted by Crippen LogP contribution is -2.44. The molecule has 1 N–H and O–H groups in total. The molecule has 5 rings (SSSR count). The predicted molar refractivity (Wildman–Crippen MR) is 115 cm³/mol. The van der Waals surface area contributed by atoms with Crippen LogP contribution >= 0.6 is 0 Å². The third-order valence-corrected chi connectivity index (χ3v) is 6.27. The van der Waals surface area contributed by atoms with Gasteiger partial charge in [0.25, 0.3) is 11.6 Å². The van der Waals surface area contributed by atoms with Crippen LogP contribution in [0.1, 0.15) is 42.6 Å². The first-order valence-electron chi connectivity index (χ1n) is 10.5. The standard InChI is InChI=1S/C23H22N4O4/c1-2-3-11-25-22(28)19-13-17-16-9-4-5-10-18(16)24-20(17)21(26(19)23(25)29)14-7-6-8-15(12-14)27(30)31/h4-10,12,19,21,24H,2-3,11,13H2,1H3/t19-,21-/m1/s1. The molecule has 8 heteroatoms. The molecule has 0 radical (unpaired) electrons. The van der Waals surface area contributed by atoms with Crippen LogP contribution in [0.15, 0.2) is 48.5 Å². The molecule has 3 aromatic rings. The van der Waals surface area contributed by atoms with E-state index in [0.29, 0.717) is 18.5 Å². The molecule has 0 saturated carbocycles. The maximum atomic E-state index is 13.4. The van der Waals surface area contributed by atoms with E-state index in [-0.39, 0.29) is 17.6 Å². The van der Waals surface area contributed by atoms with Crippen molar-refractivity contribution in [2.24, 2.45) is 0 Å². The first-order valence-corrected chi connectivity index (χ1v) is 10.5. The fourth-order valence-electron chi connectivity index (χ4n) is 4.81. The van der Waals surface area contributed by atoms with Gasteiger partial charge in [0.2, 0.25) is 0 Å². The van der Waals surface area contributed by atoms with Crippen LogP contribution in [0.2, 0.25) is 0 Å². The monoisotopic (exact) mass is 418 g/mol. The third-order valence-electron chi connectivity index (χ3n) is 6.27. The molecule has 0 unspecified atom stereocenters. The summed E-state index contributed by atoms with van der Waals surface area (Å²) in [5.41, 5.74) is 3.30. The quantitative estimate of drug-likeness (QED) is 0.382. The van der Waals surface area contributed by atoms with Gasteiger partial charge in [0, 0.05) is 41.7 Å². The fraction of sp³-hybridized carbons (Fsp3) is 0.304. The highest BCUT2D eigenvalue weighted by atomic mass is 16.6. The molecule has 0 spiro atoms. The summed E-state index contributed by atoms with van der Waals surface area (Å²) in [6.45, 7) is 2.40. The maximum absolute atomic E-state index is 13.4. The van der Waals surface area contributed by atoms with Crippen LogP contribution < -0.4 is 0 Å². The molecule has 0 bridgehead atoms. The normalized spacial score (nSPS) is 20.3. The number of non-ortho nitro benzene ring substituents is 1. The first-order chi connectivity index (χ1) is 15.0. The molecule has 2 aliphatic heterocycles. The second-order valence-electron chi connectivity index (χ2n) is 8.07. The van der Waals surface area contributed by atoms with Gasteiger partial charge >= 0.3 is 6.03 Å². The van der Waals surface area contributed by atoms with Crippen LogP contribution in [-0.2, 0) is 11.2 Å². The summed E-state index contributed by atoms with van der Waals surface area (Å²) < 4.78 is 0. The van der Waals surface area contributed by atoms with Gasteiger partial charge in [-0.3, -0.25) is 24.7 Å². The van der Waals surface area contributed by atoms with Crippen molar-refractivity contribution in [3.05, 3.63) is 75.5 Å². The zero-order chi connectivity index (χ0) is 21.7. The largest absolute Gasteiger partial charge is 0.356 e. The summed E-state index contributed by atoms with van der Waals surface area (Å²) in [7, 11) is 0. The van der Waals surface area contributed by atoms with E-state index < -0.39 is 17.0 Å². The minimum absolute atomic E-state index is 0.0434. The highest BCUT2D eigenvalue weighted by Gasteiger charge is 2.52. The smallest absolute Gasteiger partial charge is 0.328 e. The number of carbonyl (C=O) groups is 2. The van der Waals surface area contributed by atoms with E-state index in [2.05, 4.69) is 4.98 Å². The number of para-hydroxylation sites is 1. The van der Waals surface area contributed by atoms with E-state index in [1.54, 1.807) is 17.0 Å². The first kappa shape index (κ1) is 19.3. The number of nitrogens with one attached hydrogen (secondary N) is 1. The Balaban J connectivity index is 1.69. The Hall–Kier alpha value is -3.68. The summed E-state index contributed by atoms with van der Waals surface area (Å²) in [6, 6.07) is 12.6. The Morgan fingerprint density at radius 2 is 1.97 bits per heavy atom. The number of benzene rings is 2. The second kappa shape index (κ2) is 7.23. The minimum atomic E-state index is -0.611. The van der Waals surface area contributed by atoms with Gasteiger partial charge in [0.15, 0.2) is 0 Å². The maximum Gasteiger partial charge on any atom is 0.328 e. The molecule has 0 aliphatic carbocycles. The van der Waals surface area contributed by atoms with Gasteiger partial charge in [0.05, 0.1) is 4.92 Å². The van der Waals surface area contributed by atoms with E-state index in [0.717, 1.165) is 35.0 Å². The van der Waals surface area contributed by atoms with E-state index in [1.165, 1.54) is 17.0 Å². The Labute approximate surface area is 178 Å². The van der Waals surface area contributed by atoms with Gasteiger partial charge in [-0.1, -0.05) is 43.7 Å². The number of nitro groups is 1. The fourth-order valence-corrected chi connectivity index (χ4v) is 4.81. The summed E-state index contributed by atoms with van der Waals surface area (Å²) in [5, 5.41) is 12.4. The van der Waals surface area contributed by atoms with Crippen molar-refractivity contribution in [1.29, 1.82) is 0 Å². The molecular formula is C23H22N4O4. The molecular weight excluding hydrogens is 396 g/mol. The minimum Gasteiger partial charge on any atom is -0.356 e. The Bertz CT molecular complexity index is 1220. The van der Waals surface area contributed by atoms with Crippen LogP contribution in [0, 0.1) is 10.1 Å². The lowest BCUT2D eigenvalue weighted by molar-refractivity contribution is -0.384. The molecule has 2 atom stereocenters. The van der Waals surface area contributed by atoms with E-state index in [1.807, 2.05) is 31.2 Å². The number of carbonyl (C=O) groups excluding carboxylic acids is 2. The second-order valence-corrected chi connectivity index (χ2v) is 8.07. The molecule has 2 aliphatic rings. The SMILES string of the molecule is CCCCN1C(=O)[C@H]2Cc3c([nH]c4ccccc34)[C@@H](c3cccc([N+](=O)[O-])c3)N2C1=O. The molecule has 31 heavy (non-hydrogen) atoms. The van der Waals surface area contributed by atoms with Crippen LogP contribution in [0.5, 0.6) is 0 Å². The molecule has 3 amide bonds. The molecule has 158 valence electrons. The van der Waals surface area contributed by atoms with Crippen LogP contribution in [0.3, 0.4) is 0 Å². The zero-order valence-electron chi connectivity index (χ0n) is 17.1. The van der Waals surface area contributed by atoms with Crippen LogP contribution in [0.4, 0.5) is 10.5 Å².